The van der Waals surface area contributed by atoms with Crippen LogP contribution in [0.15, 0.2) is 12.1 Å². The van der Waals surface area contributed by atoms with Crippen molar-refractivity contribution in [1.82, 2.24) is 15.0 Å². The standard InChI is InChI=1S/C11H13N5O/c1-5-3-7(4-6(2)8(5)17)9-14-10(12)16-11(13)15-9/h3-4,17H,1-2H3,(H4,12,13,14,15,16). The Morgan fingerprint density at radius 1 is 0.941 bits per heavy atom. The van der Waals surface area contributed by atoms with Crippen LogP contribution < -0.4 is 11.5 Å². The van der Waals surface area contributed by atoms with Crippen LogP contribution in [0.25, 0.3) is 11.4 Å². The molecule has 0 spiro atoms. The summed E-state index contributed by atoms with van der Waals surface area (Å²) in [5.41, 5.74) is 13.3. The van der Waals surface area contributed by atoms with Crippen LogP contribution in [0.4, 0.5) is 11.9 Å². The largest absolute Gasteiger partial charge is 0.507 e. The van der Waals surface area contributed by atoms with Gasteiger partial charge >= 0.3 is 0 Å². The van der Waals surface area contributed by atoms with Gasteiger partial charge in [0.15, 0.2) is 5.82 Å². The number of aromatic hydroxyl groups is 1. The van der Waals surface area contributed by atoms with Gasteiger partial charge in [-0.3, -0.25) is 0 Å². The van der Waals surface area contributed by atoms with E-state index in [1.165, 1.54) is 0 Å². The molecule has 1 aromatic heterocycles. The van der Waals surface area contributed by atoms with Gasteiger partial charge in [0.2, 0.25) is 11.9 Å². The predicted molar refractivity (Wildman–Crippen MR) is 65.2 cm³/mol. The van der Waals surface area contributed by atoms with Crippen LogP contribution in [0, 0.1) is 13.8 Å². The number of phenolic OH excluding ortho intramolecular Hbond substituents is 1. The Balaban J connectivity index is 2.60. The molecule has 0 aliphatic rings. The molecule has 2 rings (SSSR count). The van der Waals surface area contributed by atoms with Crippen molar-refractivity contribution in [3.05, 3.63) is 23.3 Å². The Morgan fingerprint density at radius 2 is 1.41 bits per heavy atom. The molecule has 6 nitrogen and oxygen atoms in total. The number of anilines is 2. The summed E-state index contributed by atoms with van der Waals surface area (Å²) in [6.07, 6.45) is 0. The summed E-state index contributed by atoms with van der Waals surface area (Å²) in [6, 6.07) is 3.55. The maximum absolute atomic E-state index is 9.68. The number of benzene rings is 1. The number of rotatable bonds is 1. The van der Waals surface area contributed by atoms with Gasteiger partial charge in [-0.15, -0.1) is 0 Å². The molecule has 0 radical (unpaired) electrons. The van der Waals surface area contributed by atoms with Crippen LogP contribution in [-0.4, -0.2) is 20.1 Å². The molecule has 17 heavy (non-hydrogen) atoms. The Labute approximate surface area is 98.4 Å². The van der Waals surface area contributed by atoms with E-state index in [9.17, 15) is 5.11 Å². The fraction of sp³-hybridized carbons (Fsp3) is 0.182. The van der Waals surface area contributed by atoms with Crippen molar-refractivity contribution in [2.45, 2.75) is 13.8 Å². The SMILES string of the molecule is Cc1cc(-c2nc(N)nc(N)n2)cc(C)c1O. The summed E-state index contributed by atoms with van der Waals surface area (Å²) in [5, 5.41) is 9.68. The predicted octanol–water partition coefficient (Wildman–Crippen LogP) is 1.03. The van der Waals surface area contributed by atoms with Gasteiger partial charge in [0.05, 0.1) is 0 Å². The molecule has 5 N–H and O–H groups in total. The van der Waals surface area contributed by atoms with E-state index in [1.807, 2.05) is 0 Å². The number of nitrogens with two attached hydrogens (primary N) is 2. The lowest BCUT2D eigenvalue weighted by atomic mass is 10.1. The fourth-order valence-electron chi connectivity index (χ4n) is 1.62. The minimum absolute atomic E-state index is 0.0795. The lowest BCUT2D eigenvalue weighted by molar-refractivity contribution is 0.467. The molecule has 0 bridgehead atoms. The number of nitrogen functional groups attached to an aromatic ring is 2. The highest BCUT2D eigenvalue weighted by Crippen LogP contribution is 2.27. The van der Waals surface area contributed by atoms with Gasteiger partial charge in [-0.1, -0.05) is 0 Å². The molecule has 0 aliphatic carbocycles. The van der Waals surface area contributed by atoms with Crippen LogP contribution in [-0.2, 0) is 0 Å². The van der Waals surface area contributed by atoms with Crippen LogP contribution in [0.5, 0.6) is 5.75 Å². The molecular weight excluding hydrogens is 218 g/mol. The van der Waals surface area contributed by atoms with Crippen molar-refractivity contribution in [2.24, 2.45) is 0 Å². The molecule has 0 saturated heterocycles. The van der Waals surface area contributed by atoms with E-state index in [0.717, 1.165) is 16.7 Å². The number of phenols is 1. The maximum atomic E-state index is 9.68. The number of aryl methyl sites for hydroxylation is 2. The van der Waals surface area contributed by atoms with E-state index in [1.54, 1.807) is 26.0 Å². The second-order valence-corrected chi connectivity index (χ2v) is 3.83. The van der Waals surface area contributed by atoms with Gasteiger partial charge in [-0.05, 0) is 37.1 Å². The molecule has 88 valence electrons. The monoisotopic (exact) mass is 231 g/mol. The second kappa shape index (κ2) is 3.89. The third-order valence-electron chi connectivity index (χ3n) is 2.42. The van der Waals surface area contributed by atoms with E-state index >= 15 is 0 Å². The van der Waals surface area contributed by atoms with E-state index in [4.69, 9.17) is 11.5 Å². The van der Waals surface area contributed by atoms with Crippen LogP contribution in [0.2, 0.25) is 0 Å². The zero-order chi connectivity index (χ0) is 12.6. The summed E-state index contributed by atoms with van der Waals surface area (Å²) >= 11 is 0. The second-order valence-electron chi connectivity index (χ2n) is 3.83. The summed E-state index contributed by atoms with van der Waals surface area (Å²) < 4.78 is 0. The highest BCUT2D eigenvalue weighted by atomic mass is 16.3. The van der Waals surface area contributed by atoms with Gasteiger partial charge in [0.1, 0.15) is 5.75 Å². The minimum atomic E-state index is 0.0795. The number of hydrogen-bond donors (Lipinski definition) is 3. The zero-order valence-corrected chi connectivity index (χ0v) is 9.60. The Morgan fingerprint density at radius 3 is 1.88 bits per heavy atom. The third kappa shape index (κ3) is 2.10. The number of aromatic nitrogens is 3. The fourth-order valence-corrected chi connectivity index (χ4v) is 1.62. The topological polar surface area (TPSA) is 111 Å². The molecule has 0 saturated carbocycles. The van der Waals surface area contributed by atoms with Gasteiger partial charge < -0.3 is 16.6 Å². The smallest absolute Gasteiger partial charge is 0.225 e. The van der Waals surface area contributed by atoms with Crippen molar-refractivity contribution >= 4 is 11.9 Å². The third-order valence-corrected chi connectivity index (χ3v) is 2.42. The average molecular weight is 231 g/mol. The highest BCUT2D eigenvalue weighted by Gasteiger charge is 2.09. The van der Waals surface area contributed by atoms with Gasteiger partial charge in [0, 0.05) is 5.56 Å². The van der Waals surface area contributed by atoms with Gasteiger partial charge in [-0.25, -0.2) is 0 Å². The van der Waals surface area contributed by atoms with Gasteiger partial charge in [-0.2, -0.15) is 15.0 Å². The van der Waals surface area contributed by atoms with E-state index in [2.05, 4.69) is 15.0 Å². The molecule has 0 fully saturated rings. The Bertz CT molecular complexity index is 539. The van der Waals surface area contributed by atoms with E-state index < -0.39 is 0 Å². The van der Waals surface area contributed by atoms with Crippen molar-refractivity contribution in [2.75, 3.05) is 11.5 Å². The van der Waals surface area contributed by atoms with E-state index in [-0.39, 0.29) is 17.6 Å². The molecule has 0 atom stereocenters. The van der Waals surface area contributed by atoms with E-state index in [0.29, 0.717) is 5.82 Å². The first-order valence-corrected chi connectivity index (χ1v) is 5.05. The molecule has 1 aromatic carbocycles. The average Bonchev–Trinajstić information content (AvgIpc) is 2.23. The first-order chi connectivity index (χ1) is 7.97. The summed E-state index contributed by atoms with van der Waals surface area (Å²) in [6.45, 7) is 3.61. The number of nitrogens with zero attached hydrogens (tertiary/aromatic N) is 3. The molecule has 6 heteroatoms. The van der Waals surface area contributed by atoms with Crippen molar-refractivity contribution in [3.63, 3.8) is 0 Å². The Kier molecular flexibility index (Phi) is 2.55. The quantitative estimate of drug-likeness (QED) is 0.675. The first kappa shape index (κ1) is 11.1. The summed E-state index contributed by atoms with van der Waals surface area (Å²) in [4.78, 5) is 11.7. The lowest BCUT2D eigenvalue weighted by Crippen LogP contribution is -2.04. The molecule has 0 amide bonds. The molecule has 1 heterocycles. The highest BCUT2D eigenvalue weighted by molar-refractivity contribution is 5.62. The van der Waals surface area contributed by atoms with Crippen molar-refractivity contribution in [1.29, 1.82) is 0 Å². The first-order valence-electron chi connectivity index (χ1n) is 5.05. The van der Waals surface area contributed by atoms with Crippen LogP contribution in [0.3, 0.4) is 0 Å². The van der Waals surface area contributed by atoms with Crippen molar-refractivity contribution in [3.8, 4) is 17.1 Å². The zero-order valence-electron chi connectivity index (χ0n) is 9.60. The summed E-state index contributed by atoms with van der Waals surface area (Å²) in [7, 11) is 0. The normalized spacial score (nSPS) is 10.5. The summed E-state index contributed by atoms with van der Waals surface area (Å²) in [5.74, 6) is 0.830. The molecule has 0 unspecified atom stereocenters. The molecular formula is C11H13N5O. The number of hydrogen-bond acceptors (Lipinski definition) is 6. The maximum Gasteiger partial charge on any atom is 0.225 e. The molecule has 0 aliphatic heterocycles. The van der Waals surface area contributed by atoms with Crippen LogP contribution >= 0.6 is 0 Å². The minimum Gasteiger partial charge on any atom is -0.507 e. The molecule has 2 aromatic rings. The Hall–Kier alpha value is -2.37. The van der Waals surface area contributed by atoms with Crippen molar-refractivity contribution < 1.29 is 5.11 Å². The lowest BCUT2D eigenvalue weighted by Gasteiger charge is -2.07. The van der Waals surface area contributed by atoms with Gasteiger partial charge in [0.25, 0.3) is 0 Å². The van der Waals surface area contributed by atoms with Crippen LogP contribution in [0.1, 0.15) is 11.1 Å².